The van der Waals surface area contributed by atoms with Crippen molar-refractivity contribution in [1.82, 2.24) is 0 Å². The lowest BCUT2D eigenvalue weighted by Crippen LogP contribution is -2.12. The van der Waals surface area contributed by atoms with Crippen LogP contribution in [0, 0.1) is 0 Å². The van der Waals surface area contributed by atoms with Crippen LogP contribution in [0.15, 0.2) is 48.5 Å². The third kappa shape index (κ3) is 4.77. The Bertz CT molecular complexity index is 741. The van der Waals surface area contributed by atoms with E-state index in [9.17, 15) is 13.2 Å². The highest BCUT2D eigenvalue weighted by Crippen LogP contribution is 2.16. The summed E-state index contributed by atoms with van der Waals surface area (Å²) in [5, 5.41) is 3.30. The largest absolute Gasteiger partial charge is 0.322 e. The van der Waals surface area contributed by atoms with Crippen molar-refractivity contribution in [3.8, 4) is 0 Å². The molecule has 0 unspecified atom stereocenters. The highest BCUT2D eigenvalue weighted by atomic mass is 35.5. The van der Waals surface area contributed by atoms with Gasteiger partial charge in [-0.05, 0) is 48.5 Å². The summed E-state index contributed by atoms with van der Waals surface area (Å²) in [7, 11) is -3.33. The summed E-state index contributed by atoms with van der Waals surface area (Å²) in [5.41, 5.74) is 1.45. The first-order valence-electron chi connectivity index (χ1n) is 5.98. The van der Waals surface area contributed by atoms with E-state index in [-0.39, 0.29) is 5.91 Å². The van der Waals surface area contributed by atoms with Gasteiger partial charge in [-0.25, -0.2) is 8.42 Å². The summed E-state index contributed by atoms with van der Waals surface area (Å²) in [4.78, 5) is 12.0. The third-order valence-corrected chi connectivity index (χ3v) is 3.41. The van der Waals surface area contributed by atoms with Crippen molar-refractivity contribution in [1.29, 1.82) is 0 Å². The highest BCUT2D eigenvalue weighted by molar-refractivity contribution is 7.92. The molecule has 7 heteroatoms. The van der Waals surface area contributed by atoms with Gasteiger partial charge < -0.3 is 5.32 Å². The zero-order chi connectivity index (χ0) is 15.5. The van der Waals surface area contributed by atoms with Crippen molar-refractivity contribution in [3.05, 3.63) is 59.1 Å². The molecule has 2 aromatic rings. The summed E-state index contributed by atoms with van der Waals surface area (Å²) in [5.74, 6) is -0.289. The maximum Gasteiger partial charge on any atom is 0.255 e. The van der Waals surface area contributed by atoms with Crippen LogP contribution in [0.3, 0.4) is 0 Å². The molecule has 0 saturated carbocycles. The maximum atomic E-state index is 12.0. The van der Waals surface area contributed by atoms with Gasteiger partial charge in [0.05, 0.1) is 6.26 Å². The predicted molar refractivity (Wildman–Crippen MR) is 84.3 cm³/mol. The number of amides is 1. The number of sulfonamides is 1. The molecule has 2 rings (SSSR count). The molecule has 0 aliphatic rings. The van der Waals surface area contributed by atoms with Crippen LogP contribution in [0.1, 0.15) is 10.4 Å². The van der Waals surface area contributed by atoms with Gasteiger partial charge in [0.2, 0.25) is 10.0 Å². The van der Waals surface area contributed by atoms with E-state index in [1.54, 1.807) is 36.4 Å². The van der Waals surface area contributed by atoms with Crippen LogP contribution in [-0.2, 0) is 10.0 Å². The topological polar surface area (TPSA) is 75.3 Å². The summed E-state index contributed by atoms with van der Waals surface area (Å²) in [6.07, 6.45) is 1.06. The lowest BCUT2D eigenvalue weighted by atomic mass is 10.2. The smallest absolute Gasteiger partial charge is 0.255 e. The normalized spacial score (nSPS) is 11.0. The SMILES string of the molecule is CS(=O)(=O)Nc1ccc(C(=O)Nc2ccc(Cl)cc2)cc1. The van der Waals surface area contributed by atoms with Crippen molar-refractivity contribution < 1.29 is 13.2 Å². The maximum absolute atomic E-state index is 12.0. The molecule has 0 fully saturated rings. The molecule has 0 heterocycles. The first-order valence-corrected chi connectivity index (χ1v) is 8.25. The van der Waals surface area contributed by atoms with Gasteiger partial charge in [-0.15, -0.1) is 0 Å². The van der Waals surface area contributed by atoms with E-state index in [2.05, 4.69) is 10.0 Å². The van der Waals surface area contributed by atoms with Crippen LogP contribution in [0.4, 0.5) is 11.4 Å². The number of rotatable bonds is 4. The highest BCUT2D eigenvalue weighted by Gasteiger charge is 2.07. The zero-order valence-corrected chi connectivity index (χ0v) is 12.7. The number of hydrogen-bond donors (Lipinski definition) is 2. The van der Waals surface area contributed by atoms with Gasteiger partial charge in [0, 0.05) is 22.0 Å². The number of hydrogen-bond acceptors (Lipinski definition) is 3. The molecule has 110 valence electrons. The predicted octanol–water partition coefficient (Wildman–Crippen LogP) is 2.96. The molecular formula is C14H13ClN2O3S. The lowest BCUT2D eigenvalue weighted by molar-refractivity contribution is 0.102. The Balaban J connectivity index is 2.08. The standard InChI is InChI=1S/C14H13ClN2O3S/c1-21(19,20)17-13-6-2-10(3-7-13)14(18)16-12-8-4-11(15)5-9-12/h2-9,17H,1H3,(H,16,18). The van der Waals surface area contributed by atoms with Gasteiger partial charge in [-0.3, -0.25) is 9.52 Å². The van der Waals surface area contributed by atoms with Crippen LogP contribution < -0.4 is 10.0 Å². The van der Waals surface area contributed by atoms with E-state index in [0.29, 0.717) is 22.0 Å². The Morgan fingerprint density at radius 2 is 1.48 bits per heavy atom. The summed E-state index contributed by atoms with van der Waals surface area (Å²) in [6.45, 7) is 0. The van der Waals surface area contributed by atoms with Crippen LogP contribution in [0.2, 0.25) is 5.02 Å². The van der Waals surface area contributed by atoms with Gasteiger partial charge in [-0.2, -0.15) is 0 Å². The molecule has 0 bridgehead atoms. The van der Waals surface area contributed by atoms with Gasteiger partial charge >= 0.3 is 0 Å². The third-order valence-electron chi connectivity index (χ3n) is 2.55. The fourth-order valence-corrected chi connectivity index (χ4v) is 2.33. The Morgan fingerprint density at radius 1 is 0.952 bits per heavy atom. The zero-order valence-electron chi connectivity index (χ0n) is 11.1. The fourth-order valence-electron chi connectivity index (χ4n) is 1.64. The molecule has 0 atom stereocenters. The fraction of sp³-hybridized carbons (Fsp3) is 0.0714. The van der Waals surface area contributed by atoms with E-state index >= 15 is 0 Å². The minimum atomic E-state index is -3.33. The van der Waals surface area contributed by atoms with E-state index in [1.165, 1.54) is 12.1 Å². The Morgan fingerprint density at radius 3 is 2.00 bits per heavy atom. The molecule has 0 saturated heterocycles. The second-order valence-electron chi connectivity index (χ2n) is 4.41. The number of anilines is 2. The average molecular weight is 325 g/mol. The number of halogens is 1. The lowest BCUT2D eigenvalue weighted by Gasteiger charge is -2.07. The number of benzene rings is 2. The van der Waals surface area contributed by atoms with E-state index in [4.69, 9.17) is 11.6 Å². The molecule has 5 nitrogen and oxygen atoms in total. The van der Waals surface area contributed by atoms with Crippen molar-refractivity contribution in [2.24, 2.45) is 0 Å². The van der Waals surface area contributed by atoms with Crippen LogP contribution in [-0.4, -0.2) is 20.6 Å². The van der Waals surface area contributed by atoms with Crippen molar-refractivity contribution >= 4 is 38.9 Å². The molecule has 0 aliphatic heterocycles. The minimum absolute atomic E-state index is 0.289. The molecule has 1 amide bonds. The monoisotopic (exact) mass is 324 g/mol. The number of nitrogens with one attached hydrogen (secondary N) is 2. The quantitative estimate of drug-likeness (QED) is 0.908. The minimum Gasteiger partial charge on any atom is -0.322 e. The first-order chi connectivity index (χ1) is 9.83. The molecule has 0 spiro atoms. The molecule has 0 aromatic heterocycles. The molecule has 0 radical (unpaired) electrons. The van der Waals surface area contributed by atoms with Crippen LogP contribution >= 0.6 is 11.6 Å². The van der Waals surface area contributed by atoms with Gasteiger partial charge in [0.25, 0.3) is 5.91 Å². The van der Waals surface area contributed by atoms with Crippen LogP contribution in [0.25, 0.3) is 0 Å². The summed E-state index contributed by atoms with van der Waals surface area (Å²) >= 11 is 5.77. The summed E-state index contributed by atoms with van der Waals surface area (Å²) in [6, 6.07) is 12.9. The van der Waals surface area contributed by atoms with E-state index < -0.39 is 10.0 Å². The molecule has 2 N–H and O–H groups in total. The van der Waals surface area contributed by atoms with Crippen molar-refractivity contribution in [3.63, 3.8) is 0 Å². The number of carbonyl (C=O) groups excluding carboxylic acids is 1. The average Bonchev–Trinajstić information content (AvgIpc) is 2.40. The second-order valence-corrected chi connectivity index (χ2v) is 6.60. The van der Waals surface area contributed by atoms with Crippen molar-refractivity contribution in [2.45, 2.75) is 0 Å². The van der Waals surface area contributed by atoms with E-state index in [0.717, 1.165) is 6.26 Å². The molecular weight excluding hydrogens is 312 g/mol. The second kappa shape index (κ2) is 6.15. The van der Waals surface area contributed by atoms with E-state index in [1.807, 2.05) is 0 Å². The van der Waals surface area contributed by atoms with Gasteiger partial charge in [-0.1, -0.05) is 11.6 Å². The molecule has 0 aliphatic carbocycles. The van der Waals surface area contributed by atoms with Crippen LogP contribution in [0.5, 0.6) is 0 Å². The van der Waals surface area contributed by atoms with Gasteiger partial charge in [0.15, 0.2) is 0 Å². The first kappa shape index (κ1) is 15.3. The Kier molecular flexibility index (Phi) is 4.50. The summed E-state index contributed by atoms with van der Waals surface area (Å²) < 4.78 is 24.5. The Hall–Kier alpha value is -2.05. The van der Waals surface area contributed by atoms with Gasteiger partial charge in [0.1, 0.15) is 0 Å². The van der Waals surface area contributed by atoms with Crippen molar-refractivity contribution in [2.75, 3.05) is 16.3 Å². The molecule has 2 aromatic carbocycles. The Labute approximate surface area is 128 Å². The number of carbonyl (C=O) groups is 1. The molecule has 21 heavy (non-hydrogen) atoms.